The predicted octanol–water partition coefficient (Wildman–Crippen LogP) is 0.212. The zero-order valence-corrected chi connectivity index (χ0v) is 6.74. The third-order valence-electron chi connectivity index (χ3n) is 1.52. The lowest BCUT2D eigenvalue weighted by Crippen LogP contribution is -2.32. The Kier molecular flexibility index (Phi) is 2.56. The van der Waals surface area contributed by atoms with E-state index in [1.807, 2.05) is 6.26 Å². The molecule has 0 unspecified atom stereocenters. The summed E-state index contributed by atoms with van der Waals surface area (Å²) in [5, 5.41) is 2.65. The molecule has 0 aromatic carbocycles. The molecule has 3 nitrogen and oxygen atoms in total. The molecule has 0 aliphatic carbocycles. The summed E-state index contributed by atoms with van der Waals surface area (Å²) in [7, 11) is 0. The quantitative estimate of drug-likeness (QED) is 0.463. The zero-order valence-electron chi connectivity index (χ0n) is 5.92. The minimum absolute atomic E-state index is 0.287. The Bertz CT molecular complexity index is 125. The fourth-order valence-corrected chi connectivity index (χ4v) is 1.30. The van der Waals surface area contributed by atoms with Crippen molar-refractivity contribution in [3.8, 4) is 0 Å². The van der Waals surface area contributed by atoms with Gasteiger partial charge in [-0.15, -0.1) is 0 Å². The molecule has 1 heterocycles. The van der Waals surface area contributed by atoms with Crippen LogP contribution in [0.5, 0.6) is 0 Å². The van der Waals surface area contributed by atoms with Gasteiger partial charge in [-0.3, -0.25) is 4.79 Å². The molecule has 1 aliphatic heterocycles. The highest BCUT2D eigenvalue weighted by atomic mass is 32.2. The van der Waals surface area contributed by atoms with Crippen molar-refractivity contribution in [1.82, 2.24) is 5.32 Å². The van der Waals surface area contributed by atoms with Gasteiger partial charge in [0.25, 0.3) is 0 Å². The van der Waals surface area contributed by atoms with Gasteiger partial charge >= 0.3 is 0 Å². The summed E-state index contributed by atoms with van der Waals surface area (Å²) in [6.45, 7) is 0.673. The van der Waals surface area contributed by atoms with Crippen LogP contribution >= 0.6 is 11.8 Å². The van der Waals surface area contributed by atoms with Crippen LogP contribution in [0.2, 0.25) is 0 Å². The Balaban J connectivity index is 2.16. The average molecular weight is 161 g/mol. The molecule has 58 valence electrons. The normalized spacial score (nSPS) is 29.7. The summed E-state index contributed by atoms with van der Waals surface area (Å²) in [6, 6.07) is 0. The van der Waals surface area contributed by atoms with Crippen molar-refractivity contribution in [3.05, 3.63) is 0 Å². The van der Waals surface area contributed by atoms with Crippen LogP contribution in [-0.4, -0.2) is 30.8 Å². The number of hydrogen-bond acceptors (Lipinski definition) is 3. The van der Waals surface area contributed by atoms with Crippen LogP contribution in [0.3, 0.4) is 0 Å². The molecule has 10 heavy (non-hydrogen) atoms. The minimum Gasteiger partial charge on any atom is -0.348 e. The molecule has 0 spiro atoms. The van der Waals surface area contributed by atoms with Gasteiger partial charge in [-0.1, -0.05) is 0 Å². The number of rotatable bonds is 5. The van der Waals surface area contributed by atoms with Crippen molar-refractivity contribution >= 4 is 18.2 Å². The fourth-order valence-electron chi connectivity index (χ4n) is 0.761. The summed E-state index contributed by atoms with van der Waals surface area (Å²) in [4.78, 5) is 10.0. The molecule has 0 aromatic heterocycles. The fraction of sp³-hybridized carbons (Fsp3) is 0.833. The first-order valence-electron chi connectivity index (χ1n) is 3.17. The maximum Gasteiger partial charge on any atom is 0.209 e. The van der Waals surface area contributed by atoms with Gasteiger partial charge in [-0.05, 0) is 12.0 Å². The second-order valence-corrected chi connectivity index (χ2v) is 3.27. The number of epoxide rings is 1. The lowest BCUT2D eigenvalue weighted by Gasteiger charge is -2.07. The highest BCUT2D eigenvalue weighted by Crippen LogP contribution is 2.27. The predicted molar refractivity (Wildman–Crippen MR) is 40.9 cm³/mol. The zero-order chi connectivity index (χ0) is 7.45. The summed E-state index contributed by atoms with van der Waals surface area (Å²) >= 11 is 1.76. The van der Waals surface area contributed by atoms with E-state index in [0.717, 1.165) is 12.2 Å². The monoisotopic (exact) mass is 161 g/mol. The van der Waals surface area contributed by atoms with Crippen LogP contribution in [0.25, 0.3) is 0 Å². The van der Waals surface area contributed by atoms with Crippen molar-refractivity contribution in [2.75, 3.05) is 18.6 Å². The van der Waals surface area contributed by atoms with E-state index in [-0.39, 0.29) is 5.72 Å². The Hall–Kier alpha value is -0.220. The van der Waals surface area contributed by atoms with Crippen LogP contribution < -0.4 is 5.32 Å². The number of nitrogens with one attached hydrogen (secondary N) is 1. The molecule has 1 rings (SSSR count). The summed E-state index contributed by atoms with van der Waals surface area (Å²) in [6.07, 6.45) is 3.65. The van der Waals surface area contributed by atoms with Gasteiger partial charge in [0, 0.05) is 6.42 Å². The Morgan fingerprint density at radius 1 is 1.90 bits per heavy atom. The first-order chi connectivity index (χ1) is 4.83. The molecule has 1 aliphatic rings. The third kappa shape index (κ3) is 1.88. The second-order valence-electron chi connectivity index (χ2n) is 2.29. The third-order valence-corrected chi connectivity index (χ3v) is 2.14. The van der Waals surface area contributed by atoms with Crippen molar-refractivity contribution < 1.29 is 9.53 Å². The lowest BCUT2D eigenvalue weighted by atomic mass is 10.2. The molecule has 4 heteroatoms. The maximum atomic E-state index is 10.0. The van der Waals surface area contributed by atoms with E-state index in [2.05, 4.69) is 5.32 Å². The van der Waals surface area contributed by atoms with Gasteiger partial charge in [0.2, 0.25) is 6.41 Å². The van der Waals surface area contributed by atoms with Gasteiger partial charge in [-0.25, -0.2) is 0 Å². The van der Waals surface area contributed by atoms with Crippen LogP contribution in [0.15, 0.2) is 0 Å². The van der Waals surface area contributed by atoms with Crippen molar-refractivity contribution in [3.63, 3.8) is 0 Å². The van der Waals surface area contributed by atoms with E-state index in [9.17, 15) is 4.79 Å². The topological polar surface area (TPSA) is 41.6 Å². The van der Waals surface area contributed by atoms with E-state index in [1.54, 1.807) is 11.8 Å². The molecule has 1 saturated heterocycles. The Morgan fingerprint density at radius 3 is 3.00 bits per heavy atom. The highest BCUT2D eigenvalue weighted by Gasteiger charge is 2.43. The number of carbonyl (C=O) groups is 1. The number of hydrogen-bond donors (Lipinski definition) is 1. The Labute approximate surface area is 64.5 Å². The Morgan fingerprint density at radius 2 is 2.60 bits per heavy atom. The molecule has 0 radical (unpaired) electrons. The van der Waals surface area contributed by atoms with E-state index < -0.39 is 0 Å². The summed E-state index contributed by atoms with van der Waals surface area (Å²) < 4.78 is 5.08. The molecule has 1 amide bonds. The molecule has 0 bridgehead atoms. The summed E-state index contributed by atoms with van der Waals surface area (Å²) in [5.41, 5.74) is -0.287. The van der Waals surface area contributed by atoms with Crippen molar-refractivity contribution in [2.24, 2.45) is 0 Å². The van der Waals surface area contributed by atoms with E-state index in [1.165, 1.54) is 0 Å². The van der Waals surface area contributed by atoms with Crippen LogP contribution in [0.1, 0.15) is 6.42 Å². The second kappa shape index (κ2) is 3.25. The molecule has 1 fully saturated rings. The molecule has 1 atom stereocenters. The van der Waals surface area contributed by atoms with Crippen molar-refractivity contribution in [2.45, 2.75) is 12.1 Å². The number of carbonyl (C=O) groups excluding carboxylic acids is 1. The average Bonchev–Trinajstić information content (AvgIpc) is 2.67. The van der Waals surface area contributed by atoms with E-state index in [4.69, 9.17) is 4.74 Å². The SMILES string of the molecule is CSCC[C@]1(NC=O)CO1. The van der Waals surface area contributed by atoms with Crippen LogP contribution in [0, 0.1) is 0 Å². The standard InChI is InChI=1S/C6H11NO2S/c1-10-3-2-6(4-9-6)7-5-8/h5H,2-4H2,1H3,(H,7,8)/t6-/m1/s1. The van der Waals surface area contributed by atoms with Gasteiger partial charge in [0.1, 0.15) is 0 Å². The minimum atomic E-state index is -0.287. The molecule has 1 N–H and O–H groups in total. The molecule has 0 saturated carbocycles. The number of thioether (sulfide) groups is 1. The van der Waals surface area contributed by atoms with Crippen LogP contribution in [-0.2, 0) is 9.53 Å². The largest absolute Gasteiger partial charge is 0.348 e. The number of ether oxygens (including phenoxy) is 1. The first-order valence-corrected chi connectivity index (χ1v) is 4.57. The van der Waals surface area contributed by atoms with E-state index >= 15 is 0 Å². The van der Waals surface area contributed by atoms with Gasteiger partial charge in [0.05, 0.1) is 6.61 Å². The smallest absolute Gasteiger partial charge is 0.209 e. The van der Waals surface area contributed by atoms with Gasteiger partial charge in [-0.2, -0.15) is 11.8 Å². The maximum absolute atomic E-state index is 10.0. The first kappa shape index (κ1) is 7.88. The lowest BCUT2D eigenvalue weighted by molar-refractivity contribution is -0.111. The number of amides is 1. The molecular weight excluding hydrogens is 150 g/mol. The van der Waals surface area contributed by atoms with Crippen molar-refractivity contribution in [1.29, 1.82) is 0 Å². The molecule has 0 aromatic rings. The summed E-state index contributed by atoms with van der Waals surface area (Å²) in [5.74, 6) is 1.03. The van der Waals surface area contributed by atoms with E-state index in [0.29, 0.717) is 13.0 Å². The van der Waals surface area contributed by atoms with Gasteiger partial charge in [0.15, 0.2) is 5.72 Å². The highest BCUT2D eigenvalue weighted by molar-refractivity contribution is 7.98. The molecular formula is C6H11NO2S. The van der Waals surface area contributed by atoms with Gasteiger partial charge < -0.3 is 10.1 Å². The van der Waals surface area contributed by atoms with Crippen LogP contribution in [0.4, 0.5) is 0 Å².